The summed E-state index contributed by atoms with van der Waals surface area (Å²) in [6, 6.07) is 15.9. The van der Waals surface area contributed by atoms with Gasteiger partial charge in [0.2, 0.25) is 0 Å². The van der Waals surface area contributed by atoms with Gasteiger partial charge in [0, 0.05) is 23.5 Å². The topological polar surface area (TPSA) is 69.1 Å². The van der Waals surface area contributed by atoms with Crippen LogP contribution >= 0.6 is 8.46 Å². The highest BCUT2D eigenvalue weighted by Crippen LogP contribution is 2.30. The Labute approximate surface area is 121 Å². The first-order chi connectivity index (χ1) is 9.70. The molecule has 0 amide bonds. The Kier molecular flexibility index (Phi) is 5.14. The Morgan fingerprint density at radius 2 is 1.30 bits per heavy atom. The van der Waals surface area contributed by atoms with Gasteiger partial charge in [0.1, 0.15) is 0 Å². The third-order valence-corrected chi connectivity index (χ3v) is 3.92. The van der Waals surface area contributed by atoms with Crippen LogP contribution in [0.25, 0.3) is 0 Å². The van der Waals surface area contributed by atoms with Crippen molar-refractivity contribution in [1.29, 1.82) is 0 Å². The smallest absolute Gasteiger partial charge is 0.155 e. The molecule has 2 rings (SSSR count). The van der Waals surface area contributed by atoms with E-state index in [0.717, 1.165) is 24.2 Å². The van der Waals surface area contributed by atoms with Gasteiger partial charge >= 0.3 is 0 Å². The van der Waals surface area contributed by atoms with Crippen LogP contribution in [0.5, 0.6) is 0 Å². The molecule has 0 heterocycles. The van der Waals surface area contributed by atoms with Gasteiger partial charge in [0.25, 0.3) is 0 Å². The van der Waals surface area contributed by atoms with Gasteiger partial charge in [-0.2, -0.15) is 0 Å². The lowest BCUT2D eigenvalue weighted by Gasteiger charge is -2.18. The summed E-state index contributed by atoms with van der Waals surface area (Å²) < 4.78 is 10.6. The molecule has 0 unspecified atom stereocenters. The molecule has 3 nitrogen and oxygen atoms in total. The third-order valence-electron chi connectivity index (χ3n) is 3.42. The lowest BCUT2D eigenvalue weighted by atomic mass is 9.87. The summed E-state index contributed by atoms with van der Waals surface area (Å²) in [5, 5.41) is 0. The lowest BCUT2D eigenvalue weighted by molar-refractivity contribution is 0.594. The molecule has 0 saturated carbocycles. The molecule has 104 valence electrons. The number of hydrogen-bond acceptors (Lipinski definition) is 3. The lowest BCUT2D eigenvalue weighted by Crippen LogP contribution is -2.02. The van der Waals surface area contributed by atoms with E-state index in [-0.39, 0.29) is 14.4 Å². The number of hydrogen-bond donors (Lipinski definition) is 2. The Bertz CT molecular complexity index is 506. The molecule has 0 fully saturated rings. The minimum atomic E-state index is 0.214. The van der Waals surface area contributed by atoms with E-state index in [2.05, 4.69) is 24.3 Å². The zero-order valence-electron chi connectivity index (χ0n) is 11.3. The van der Waals surface area contributed by atoms with Crippen LogP contribution in [0.15, 0.2) is 48.5 Å². The molecule has 0 aliphatic heterocycles. The number of nitrogen functional groups attached to an aromatic ring is 2. The molecule has 2 aromatic carbocycles. The molecule has 20 heavy (non-hydrogen) atoms. The van der Waals surface area contributed by atoms with Gasteiger partial charge in [0.15, 0.2) is 8.46 Å². The maximum absolute atomic E-state index is 10.6. The Morgan fingerprint density at radius 3 is 1.70 bits per heavy atom. The molecule has 4 heteroatoms. The van der Waals surface area contributed by atoms with E-state index in [9.17, 15) is 4.57 Å². The summed E-state index contributed by atoms with van der Waals surface area (Å²) in [7, 11) is 0.214. The summed E-state index contributed by atoms with van der Waals surface area (Å²) in [4.78, 5) is 0. The van der Waals surface area contributed by atoms with Crippen molar-refractivity contribution in [3.8, 4) is 0 Å². The first-order valence-corrected chi connectivity index (χ1v) is 7.70. The second-order valence-corrected chi connectivity index (χ2v) is 5.59. The fourth-order valence-corrected chi connectivity index (χ4v) is 2.65. The second-order valence-electron chi connectivity index (χ2n) is 4.88. The summed E-state index contributed by atoms with van der Waals surface area (Å²) in [6.07, 6.45) is 2.58. The Morgan fingerprint density at radius 1 is 0.850 bits per heavy atom. The first kappa shape index (κ1) is 14.5. The second kappa shape index (κ2) is 7.06. The largest absolute Gasteiger partial charge is 0.399 e. The molecule has 4 N–H and O–H groups in total. The van der Waals surface area contributed by atoms with E-state index in [4.69, 9.17) is 11.5 Å². The summed E-state index contributed by atoms with van der Waals surface area (Å²) >= 11 is 0. The van der Waals surface area contributed by atoms with Crippen molar-refractivity contribution in [2.45, 2.75) is 18.8 Å². The number of nitrogens with two attached hydrogens (primary N) is 2. The fourth-order valence-electron chi connectivity index (χ4n) is 2.34. The number of rotatable bonds is 6. The van der Waals surface area contributed by atoms with Gasteiger partial charge in [-0.3, -0.25) is 4.57 Å². The van der Waals surface area contributed by atoms with Gasteiger partial charge in [-0.25, -0.2) is 0 Å². The van der Waals surface area contributed by atoms with E-state index in [0.29, 0.717) is 6.16 Å². The minimum absolute atomic E-state index is 0.214. The third kappa shape index (κ3) is 3.82. The average molecular weight is 286 g/mol. The van der Waals surface area contributed by atoms with Gasteiger partial charge in [-0.1, -0.05) is 24.3 Å². The fraction of sp³-hybridized carbons (Fsp3) is 0.250. The van der Waals surface area contributed by atoms with Crippen LogP contribution in [0, 0.1) is 0 Å². The highest BCUT2D eigenvalue weighted by Gasteiger charge is 2.13. The van der Waals surface area contributed by atoms with Crippen LogP contribution in [0.4, 0.5) is 11.4 Å². The SMILES string of the molecule is Nc1ccc(C(CCCP=O)c2ccc(N)cc2)cc1. The van der Waals surface area contributed by atoms with Crippen LogP contribution in [-0.4, -0.2) is 6.16 Å². The van der Waals surface area contributed by atoms with E-state index >= 15 is 0 Å². The zero-order chi connectivity index (χ0) is 14.4. The van der Waals surface area contributed by atoms with E-state index in [1.54, 1.807) is 0 Å². The Balaban J connectivity index is 2.25. The molecule has 0 atom stereocenters. The molecule has 0 bridgehead atoms. The van der Waals surface area contributed by atoms with Gasteiger partial charge < -0.3 is 11.5 Å². The van der Waals surface area contributed by atoms with Crippen LogP contribution in [-0.2, 0) is 4.57 Å². The van der Waals surface area contributed by atoms with E-state index in [1.165, 1.54) is 11.1 Å². The van der Waals surface area contributed by atoms with Gasteiger partial charge in [-0.15, -0.1) is 0 Å². The number of anilines is 2. The predicted octanol–water partition coefficient (Wildman–Crippen LogP) is 4.05. The van der Waals surface area contributed by atoms with Crippen LogP contribution in [0.2, 0.25) is 0 Å². The molecule has 0 aromatic heterocycles. The first-order valence-electron chi connectivity index (χ1n) is 6.70. The summed E-state index contributed by atoms with van der Waals surface area (Å²) in [6.45, 7) is 0. The van der Waals surface area contributed by atoms with Crippen molar-refractivity contribution >= 4 is 19.8 Å². The minimum Gasteiger partial charge on any atom is -0.399 e. The standard InChI is InChI=1S/C16H19N2OP/c17-14-7-3-12(4-8-14)16(2-1-11-20-19)13-5-9-15(18)10-6-13/h3-10,16H,1-2,11,17-18H2. The molecule has 0 radical (unpaired) electrons. The summed E-state index contributed by atoms with van der Waals surface area (Å²) in [5.74, 6) is 0.290. The van der Waals surface area contributed by atoms with Crippen molar-refractivity contribution in [1.82, 2.24) is 0 Å². The summed E-state index contributed by atoms with van der Waals surface area (Å²) in [5.41, 5.74) is 15.5. The quantitative estimate of drug-likeness (QED) is 0.478. The van der Waals surface area contributed by atoms with Gasteiger partial charge in [-0.05, 0) is 48.2 Å². The molecule has 0 spiro atoms. The molecule has 0 saturated heterocycles. The molecular weight excluding hydrogens is 267 g/mol. The predicted molar refractivity (Wildman–Crippen MR) is 85.3 cm³/mol. The molecule has 0 aliphatic carbocycles. The van der Waals surface area contributed by atoms with Crippen LogP contribution in [0.3, 0.4) is 0 Å². The van der Waals surface area contributed by atoms with E-state index in [1.807, 2.05) is 24.3 Å². The van der Waals surface area contributed by atoms with E-state index < -0.39 is 0 Å². The molecule has 2 aromatic rings. The van der Waals surface area contributed by atoms with Crippen molar-refractivity contribution in [3.63, 3.8) is 0 Å². The highest BCUT2D eigenvalue weighted by molar-refractivity contribution is 7.23. The average Bonchev–Trinajstić information content (AvgIpc) is 2.46. The van der Waals surface area contributed by atoms with Crippen molar-refractivity contribution in [2.24, 2.45) is 0 Å². The Hall–Kier alpha value is -1.86. The maximum Gasteiger partial charge on any atom is 0.155 e. The van der Waals surface area contributed by atoms with Crippen molar-refractivity contribution in [3.05, 3.63) is 59.7 Å². The zero-order valence-corrected chi connectivity index (χ0v) is 12.2. The molecular formula is C16H19N2OP. The maximum atomic E-state index is 10.6. The highest BCUT2D eigenvalue weighted by atomic mass is 31.1. The van der Waals surface area contributed by atoms with Crippen LogP contribution in [0.1, 0.15) is 29.9 Å². The van der Waals surface area contributed by atoms with Gasteiger partial charge in [0.05, 0.1) is 0 Å². The van der Waals surface area contributed by atoms with Crippen molar-refractivity contribution < 1.29 is 4.57 Å². The van der Waals surface area contributed by atoms with Crippen LogP contribution < -0.4 is 11.5 Å². The van der Waals surface area contributed by atoms with Crippen molar-refractivity contribution in [2.75, 3.05) is 17.6 Å². The normalized spacial score (nSPS) is 11.1. The monoisotopic (exact) mass is 286 g/mol. The number of benzene rings is 2. The molecule has 0 aliphatic rings.